The number of fused-ring (bicyclic) bond motifs is 1. The Morgan fingerprint density at radius 3 is 2.85 bits per heavy atom. The lowest BCUT2D eigenvalue weighted by Crippen LogP contribution is -2.25. The van der Waals surface area contributed by atoms with Crippen molar-refractivity contribution in [2.45, 2.75) is 19.9 Å². The Labute approximate surface area is 120 Å². The van der Waals surface area contributed by atoms with Gasteiger partial charge in [0.25, 0.3) is 0 Å². The quantitative estimate of drug-likeness (QED) is 0.753. The molecule has 0 saturated heterocycles. The first kappa shape index (κ1) is 15.0. The van der Waals surface area contributed by atoms with Gasteiger partial charge in [0.2, 0.25) is 0 Å². The molecule has 1 unspecified atom stereocenters. The lowest BCUT2D eigenvalue weighted by atomic mass is 10.1. The maximum atomic E-state index is 5.92. The second-order valence-electron chi connectivity index (χ2n) is 4.87. The van der Waals surface area contributed by atoms with Gasteiger partial charge in [-0.25, -0.2) is 0 Å². The number of nitrogens with one attached hydrogen (secondary N) is 1. The summed E-state index contributed by atoms with van der Waals surface area (Å²) in [5, 5.41) is 4.53. The fourth-order valence-corrected chi connectivity index (χ4v) is 2.19. The Kier molecular flexibility index (Phi) is 5.59. The molecule has 2 rings (SSSR count). The topological polar surface area (TPSA) is 43.6 Å². The van der Waals surface area contributed by atoms with E-state index in [1.54, 1.807) is 7.11 Å². The number of rotatable bonds is 8. The Bertz CT molecular complexity index is 536. The number of aryl methyl sites for hydroxylation is 1. The normalized spacial score (nSPS) is 12.9. The van der Waals surface area contributed by atoms with Crippen molar-refractivity contribution in [2.75, 3.05) is 33.5 Å². The fourth-order valence-electron chi connectivity index (χ4n) is 2.19. The van der Waals surface area contributed by atoms with Crippen molar-refractivity contribution in [1.29, 1.82) is 0 Å². The van der Waals surface area contributed by atoms with E-state index in [-0.39, 0.29) is 6.04 Å². The zero-order chi connectivity index (χ0) is 14.4. The molecule has 0 amide bonds. The van der Waals surface area contributed by atoms with Crippen LogP contribution >= 0.6 is 0 Å². The number of likely N-dealkylation sites (N-methyl/N-ethyl adjacent to an activating group) is 1. The molecule has 0 aliphatic carbocycles. The van der Waals surface area contributed by atoms with E-state index in [4.69, 9.17) is 13.9 Å². The molecule has 1 N–H and O–H groups in total. The summed E-state index contributed by atoms with van der Waals surface area (Å²) in [6.07, 6.45) is 0. The highest BCUT2D eigenvalue weighted by molar-refractivity contribution is 5.78. The van der Waals surface area contributed by atoms with Gasteiger partial charge in [0.05, 0.1) is 25.9 Å². The van der Waals surface area contributed by atoms with Gasteiger partial charge in [-0.3, -0.25) is 0 Å². The second kappa shape index (κ2) is 7.43. The Morgan fingerprint density at radius 2 is 2.10 bits per heavy atom. The van der Waals surface area contributed by atoms with Crippen LogP contribution in [0.4, 0.5) is 0 Å². The molecule has 20 heavy (non-hydrogen) atoms. The van der Waals surface area contributed by atoms with Crippen LogP contribution in [0.3, 0.4) is 0 Å². The van der Waals surface area contributed by atoms with Gasteiger partial charge in [-0.1, -0.05) is 18.6 Å². The van der Waals surface area contributed by atoms with Crippen LogP contribution in [0, 0.1) is 6.92 Å². The summed E-state index contributed by atoms with van der Waals surface area (Å²) < 4.78 is 16.5. The molecule has 0 aliphatic heterocycles. The SMILES string of the molecule is CCNC(COCCOC)c1cc2cc(C)ccc2o1. The third kappa shape index (κ3) is 3.82. The molecule has 0 fully saturated rings. The van der Waals surface area contributed by atoms with E-state index in [1.165, 1.54) is 5.56 Å². The number of methoxy groups -OCH3 is 1. The third-order valence-electron chi connectivity index (χ3n) is 3.20. The molecule has 0 radical (unpaired) electrons. The van der Waals surface area contributed by atoms with Gasteiger partial charge < -0.3 is 19.2 Å². The van der Waals surface area contributed by atoms with Crippen LogP contribution in [0.25, 0.3) is 11.0 Å². The van der Waals surface area contributed by atoms with Gasteiger partial charge in [-0.2, -0.15) is 0 Å². The van der Waals surface area contributed by atoms with Gasteiger partial charge in [0.15, 0.2) is 0 Å². The van der Waals surface area contributed by atoms with Crippen LogP contribution in [0.15, 0.2) is 28.7 Å². The van der Waals surface area contributed by atoms with Gasteiger partial charge >= 0.3 is 0 Å². The number of hydrogen-bond acceptors (Lipinski definition) is 4. The van der Waals surface area contributed by atoms with Crippen molar-refractivity contribution in [3.05, 3.63) is 35.6 Å². The van der Waals surface area contributed by atoms with Crippen molar-refractivity contribution in [3.63, 3.8) is 0 Å². The molecule has 110 valence electrons. The van der Waals surface area contributed by atoms with Crippen molar-refractivity contribution in [2.24, 2.45) is 0 Å². The lowest BCUT2D eigenvalue weighted by molar-refractivity contribution is 0.0559. The van der Waals surface area contributed by atoms with Gasteiger partial charge in [0, 0.05) is 12.5 Å². The van der Waals surface area contributed by atoms with Crippen LogP contribution in [-0.4, -0.2) is 33.5 Å². The Balaban J connectivity index is 2.09. The van der Waals surface area contributed by atoms with E-state index in [9.17, 15) is 0 Å². The largest absolute Gasteiger partial charge is 0.459 e. The summed E-state index contributed by atoms with van der Waals surface area (Å²) in [5.41, 5.74) is 2.16. The second-order valence-corrected chi connectivity index (χ2v) is 4.87. The minimum absolute atomic E-state index is 0.0737. The Morgan fingerprint density at radius 1 is 1.25 bits per heavy atom. The first-order valence-electron chi connectivity index (χ1n) is 7.04. The molecular formula is C16H23NO3. The van der Waals surface area contributed by atoms with Crippen LogP contribution < -0.4 is 5.32 Å². The fraction of sp³-hybridized carbons (Fsp3) is 0.500. The summed E-state index contributed by atoms with van der Waals surface area (Å²) in [5.74, 6) is 0.921. The summed E-state index contributed by atoms with van der Waals surface area (Å²) >= 11 is 0. The van der Waals surface area contributed by atoms with E-state index in [0.29, 0.717) is 19.8 Å². The number of furan rings is 1. The maximum absolute atomic E-state index is 5.92. The predicted molar refractivity (Wildman–Crippen MR) is 80.1 cm³/mol. The first-order chi connectivity index (χ1) is 9.74. The molecular weight excluding hydrogens is 254 g/mol. The zero-order valence-corrected chi connectivity index (χ0v) is 12.4. The molecule has 0 bridgehead atoms. The number of ether oxygens (including phenoxy) is 2. The molecule has 1 atom stereocenters. The van der Waals surface area contributed by atoms with Crippen molar-refractivity contribution < 1.29 is 13.9 Å². The minimum atomic E-state index is 0.0737. The van der Waals surface area contributed by atoms with E-state index in [2.05, 4.69) is 37.4 Å². The van der Waals surface area contributed by atoms with E-state index in [0.717, 1.165) is 23.3 Å². The molecule has 4 heteroatoms. The lowest BCUT2D eigenvalue weighted by Gasteiger charge is -2.15. The van der Waals surface area contributed by atoms with Crippen LogP contribution in [0.2, 0.25) is 0 Å². The summed E-state index contributed by atoms with van der Waals surface area (Å²) in [7, 11) is 1.67. The molecule has 0 spiro atoms. The van der Waals surface area contributed by atoms with Crippen LogP contribution in [-0.2, 0) is 9.47 Å². The van der Waals surface area contributed by atoms with E-state index < -0.39 is 0 Å². The number of benzene rings is 1. The smallest absolute Gasteiger partial charge is 0.134 e. The monoisotopic (exact) mass is 277 g/mol. The highest BCUT2D eigenvalue weighted by Crippen LogP contribution is 2.25. The summed E-state index contributed by atoms with van der Waals surface area (Å²) in [4.78, 5) is 0. The minimum Gasteiger partial charge on any atom is -0.459 e. The average molecular weight is 277 g/mol. The van der Waals surface area contributed by atoms with E-state index >= 15 is 0 Å². The third-order valence-corrected chi connectivity index (χ3v) is 3.20. The van der Waals surface area contributed by atoms with Gasteiger partial charge in [-0.15, -0.1) is 0 Å². The number of hydrogen-bond donors (Lipinski definition) is 1. The van der Waals surface area contributed by atoms with Crippen LogP contribution in [0.5, 0.6) is 0 Å². The molecule has 1 aromatic heterocycles. The summed E-state index contributed by atoms with van der Waals surface area (Å²) in [6, 6.07) is 8.38. The van der Waals surface area contributed by atoms with Crippen molar-refractivity contribution in [3.8, 4) is 0 Å². The molecule has 4 nitrogen and oxygen atoms in total. The molecule has 2 aromatic rings. The molecule has 0 aliphatic rings. The first-order valence-corrected chi connectivity index (χ1v) is 7.04. The zero-order valence-electron chi connectivity index (χ0n) is 12.4. The van der Waals surface area contributed by atoms with Gasteiger partial charge in [-0.05, 0) is 31.7 Å². The predicted octanol–water partition coefficient (Wildman–Crippen LogP) is 3.05. The van der Waals surface area contributed by atoms with Crippen LogP contribution in [0.1, 0.15) is 24.3 Å². The molecule has 1 heterocycles. The Hall–Kier alpha value is -1.36. The van der Waals surface area contributed by atoms with E-state index in [1.807, 2.05) is 6.07 Å². The van der Waals surface area contributed by atoms with Crippen molar-refractivity contribution >= 4 is 11.0 Å². The average Bonchev–Trinajstić information content (AvgIpc) is 2.85. The molecule has 0 saturated carbocycles. The van der Waals surface area contributed by atoms with Gasteiger partial charge in [0.1, 0.15) is 11.3 Å². The maximum Gasteiger partial charge on any atom is 0.134 e. The highest BCUT2D eigenvalue weighted by Gasteiger charge is 2.15. The van der Waals surface area contributed by atoms with Crippen molar-refractivity contribution in [1.82, 2.24) is 5.32 Å². The standard InChI is InChI=1S/C16H23NO3/c1-4-17-14(11-19-8-7-18-3)16-10-13-9-12(2)5-6-15(13)20-16/h5-6,9-10,14,17H,4,7-8,11H2,1-3H3. The molecule has 1 aromatic carbocycles. The highest BCUT2D eigenvalue weighted by atomic mass is 16.5. The summed E-state index contributed by atoms with van der Waals surface area (Å²) in [6.45, 7) is 6.82.